The summed E-state index contributed by atoms with van der Waals surface area (Å²) in [5, 5.41) is 12.8. The number of aliphatic hydroxyl groups is 1. The van der Waals surface area contributed by atoms with Crippen molar-refractivity contribution in [3.8, 4) is 0 Å². The summed E-state index contributed by atoms with van der Waals surface area (Å²) in [5.41, 5.74) is 6.38. The Hall–Kier alpha value is -1.07. The SMILES string of the molecule is Cc1c(Cl)nc(N)nc1NC1CCC(CO)C1. The van der Waals surface area contributed by atoms with Gasteiger partial charge in [-0.05, 0) is 32.1 Å². The largest absolute Gasteiger partial charge is 0.396 e. The minimum Gasteiger partial charge on any atom is -0.396 e. The molecule has 0 radical (unpaired) electrons. The average Bonchev–Trinajstić information content (AvgIpc) is 2.73. The fourth-order valence-electron chi connectivity index (χ4n) is 2.21. The number of nitrogens with two attached hydrogens (primary N) is 1. The lowest BCUT2D eigenvalue weighted by molar-refractivity contribution is 0.229. The molecule has 0 aromatic carbocycles. The molecule has 94 valence electrons. The van der Waals surface area contributed by atoms with Gasteiger partial charge in [-0.15, -0.1) is 0 Å². The predicted octanol–water partition coefficient (Wildman–Crippen LogP) is 1.59. The van der Waals surface area contributed by atoms with Crippen LogP contribution in [0, 0.1) is 12.8 Å². The Balaban J connectivity index is 2.09. The molecule has 2 atom stereocenters. The molecule has 1 heterocycles. The van der Waals surface area contributed by atoms with E-state index in [1.165, 1.54) is 0 Å². The number of anilines is 2. The Kier molecular flexibility index (Phi) is 3.69. The summed E-state index contributed by atoms with van der Waals surface area (Å²) in [6, 6.07) is 0.330. The van der Waals surface area contributed by atoms with Crippen molar-refractivity contribution in [2.24, 2.45) is 5.92 Å². The Morgan fingerprint density at radius 3 is 2.88 bits per heavy atom. The Labute approximate surface area is 105 Å². The third kappa shape index (κ3) is 2.79. The van der Waals surface area contributed by atoms with Crippen molar-refractivity contribution in [2.45, 2.75) is 32.2 Å². The Morgan fingerprint density at radius 2 is 2.24 bits per heavy atom. The molecule has 4 N–H and O–H groups in total. The summed E-state index contributed by atoms with van der Waals surface area (Å²) in [7, 11) is 0. The first-order valence-electron chi connectivity index (χ1n) is 5.77. The molecule has 5 nitrogen and oxygen atoms in total. The van der Waals surface area contributed by atoms with Crippen molar-refractivity contribution in [1.82, 2.24) is 9.97 Å². The highest BCUT2D eigenvalue weighted by Crippen LogP contribution is 2.29. The first-order valence-corrected chi connectivity index (χ1v) is 6.15. The smallest absolute Gasteiger partial charge is 0.223 e. The van der Waals surface area contributed by atoms with Gasteiger partial charge in [-0.25, -0.2) is 4.98 Å². The topological polar surface area (TPSA) is 84.1 Å². The second kappa shape index (κ2) is 5.06. The zero-order valence-electron chi connectivity index (χ0n) is 9.78. The highest BCUT2D eigenvalue weighted by Gasteiger charge is 2.24. The maximum atomic E-state index is 9.10. The van der Waals surface area contributed by atoms with Gasteiger partial charge in [0.05, 0.1) is 0 Å². The molecule has 1 aliphatic carbocycles. The second-order valence-electron chi connectivity index (χ2n) is 4.55. The van der Waals surface area contributed by atoms with Crippen LogP contribution in [-0.2, 0) is 0 Å². The van der Waals surface area contributed by atoms with E-state index in [2.05, 4.69) is 15.3 Å². The van der Waals surface area contributed by atoms with Crippen LogP contribution >= 0.6 is 11.6 Å². The van der Waals surface area contributed by atoms with E-state index < -0.39 is 0 Å². The number of hydrogen-bond acceptors (Lipinski definition) is 5. The molecule has 6 heteroatoms. The molecule has 0 saturated heterocycles. The summed E-state index contributed by atoms with van der Waals surface area (Å²) in [4.78, 5) is 8.05. The lowest BCUT2D eigenvalue weighted by atomic mass is 10.1. The van der Waals surface area contributed by atoms with Gasteiger partial charge in [-0.1, -0.05) is 11.6 Å². The molecule has 1 aromatic heterocycles. The minimum atomic E-state index is 0.180. The van der Waals surface area contributed by atoms with Crippen LogP contribution in [0.3, 0.4) is 0 Å². The van der Waals surface area contributed by atoms with E-state index in [9.17, 15) is 0 Å². The van der Waals surface area contributed by atoms with Gasteiger partial charge in [-0.3, -0.25) is 0 Å². The van der Waals surface area contributed by atoms with Crippen molar-refractivity contribution >= 4 is 23.4 Å². The first kappa shape index (κ1) is 12.4. The molecule has 1 fully saturated rings. The van der Waals surface area contributed by atoms with E-state index in [0.717, 1.165) is 24.8 Å². The van der Waals surface area contributed by atoms with E-state index in [4.69, 9.17) is 22.4 Å². The molecular weight excluding hydrogens is 240 g/mol. The van der Waals surface area contributed by atoms with Gasteiger partial charge in [0.2, 0.25) is 5.95 Å². The van der Waals surface area contributed by atoms with Crippen LogP contribution in [0.15, 0.2) is 0 Å². The van der Waals surface area contributed by atoms with Crippen molar-refractivity contribution in [3.63, 3.8) is 0 Å². The molecular formula is C11H17ClN4O. The highest BCUT2D eigenvalue weighted by molar-refractivity contribution is 6.30. The normalized spacial score (nSPS) is 23.9. The first-order chi connectivity index (χ1) is 8.10. The number of nitrogen functional groups attached to an aromatic ring is 1. The molecule has 2 unspecified atom stereocenters. The number of aromatic nitrogens is 2. The average molecular weight is 257 g/mol. The highest BCUT2D eigenvalue weighted by atomic mass is 35.5. The summed E-state index contributed by atoms with van der Waals surface area (Å²) >= 11 is 5.95. The zero-order chi connectivity index (χ0) is 12.4. The van der Waals surface area contributed by atoms with Gasteiger partial charge in [0.15, 0.2) is 0 Å². The quantitative estimate of drug-likeness (QED) is 0.716. The van der Waals surface area contributed by atoms with E-state index in [1.54, 1.807) is 0 Å². The maximum absolute atomic E-state index is 9.10. The van der Waals surface area contributed by atoms with E-state index in [0.29, 0.717) is 22.9 Å². The molecule has 2 rings (SSSR count). The number of aliphatic hydroxyl groups excluding tert-OH is 1. The van der Waals surface area contributed by atoms with Crippen LogP contribution in [-0.4, -0.2) is 27.7 Å². The maximum Gasteiger partial charge on any atom is 0.223 e. The molecule has 0 spiro atoms. The third-order valence-electron chi connectivity index (χ3n) is 3.24. The zero-order valence-corrected chi connectivity index (χ0v) is 10.5. The number of rotatable bonds is 3. The molecule has 1 saturated carbocycles. The number of hydrogen-bond donors (Lipinski definition) is 3. The van der Waals surface area contributed by atoms with Crippen molar-refractivity contribution < 1.29 is 5.11 Å². The fourth-order valence-corrected chi connectivity index (χ4v) is 2.39. The molecule has 0 bridgehead atoms. The molecule has 0 amide bonds. The summed E-state index contributed by atoms with van der Waals surface area (Å²) in [6.45, 7) is 2.12. The van der Waals surface area contributed by atoms with Gasteiger partial charge in [0.1, 0.15) is 11.0 Å². The lowest BCUT2D eigenvalue weighted by Crippen LogP contribution is -2.18. The van der Waals surface area contributed by atoms with Gasteiger partial charge in [0, 0.05) is 18.2 Å². The van der Waals surface area contributed by atoms with E-state index in [1.807, 2.05) is 6.92 Å². The Morgan fingerprint density at radius 1 is 1.47 bits per heavy atom. The van der Waals surface area contributed by atoms with Crippen LogP contribution in [0.4, 0.5) is 11.8 Å². The molecule has 17 heavy (non-hydrogen) atoms. The van der Waals surface area contributed by atoms with E-state index in [-0.39, 0.29) is 12.6 Å². The van der Waals surface area contributed by atoms with Crippen molar-refractivity contribution in [2.75, 3.05) is 17.7 Å². The number of halogens is 1. The number of nitrogens with one attached hydrogen (secondary N) is 1. The summed E-state index contributed by atoms with van der Waals surface area (Å²) < 4.78 is 0. The molecule has 1 aromatic rings. The third-order valence-corrected chi connectivity index (χ3v) is 3.61. The van der Waals surface area contributed by atoms with Crippen LogP contribution in [0.1, 0.15) is 24.8 Å². The standard InChI is InChI=1S/C11H17ClN4O/c1-6-9(12)15-11(13)16-10(6)14-8-3-2-7(4-8)5-17/h7-8,17H,2-5H2,1H3,(H3,13,14,15,16). The monoisotopic (exact) mass is 256 g/mol. The van der Waals surface area contributed by atoms with Gasteiger partial charge >= 0.3 is 0 Å². The molecule has 1 aliphatic rings. The van der Waals surface area contributed by atoms with Gasteiger partial charge in [-0.2, -0.15) is 4.98 Å². The Bertz CT molecular complexity index is 413. The number of nitrogens with zero attached hydrogens (tertiary/aromatic N) is 2. The summed E-state index contributed by atoms with van der Waals surface area (Å²) in [5.74, 6) is 1.27. The van der Waals surface area contributed by atoms with Gasteiger partial charge < -0.3 is 16.2 Å². The second-order valence-corrected chi connectivity index (χ2v) is 4.91. The lowest BCUT2D eigenvalue weighted by Gasteiger charge is -2.15. The van der Waals surface area contributed by atoms with Gasteiger partial charge in [0.25, 0.3) is 0 Å². The molecule has 0 aliphatic heterocycles. The van der Waals surface area contributed by atoms with Crippen LogP contribution in [0.2, 0.25) is 5.15 Å². The van der Waals surface area contributed by atoms with Crippen molar-refractivity contribution in [3.05, 3.63) is 10.7 Å². The van der Waals surface area contributed by atoms with Crippen LogP contribution < -0.4 is 11.1 Å². The van der Waals surface area contributed by atoms with E-state index >= 15 is 0 Å². The van der Waals surface area contributed by atoms with Crippen LogP contribution in [0.25, 0.3) is 0 Å². The predicted molar refractivity (Wildman–Crippen MR) is 68.0 cm³/mol. The minimum absolute atomic E-state index is 0.180. The van der Waals surface area contributed by atoms with Crippen LogP contribution in [0.5, 0.6) is 0 Å². The summed E-state index contributed by atoms with van der Waals surface area (Å²) in [6.07, 6.45) is 3.03. The van der Waals surface area contributed by atoms with Crippen molar-refractivity contribution in [1.29, 1.82) is 0 Å². The fraction of sp³-hybridized carbons (Fsp3) is 0.636.